The Morgan fingerprint density at radius 1 is 1.47 bits per heavy atom. The van der Waals surface area contributed by atoms with Crippen molar-refractivity contribution < 1.29 is 5.11 Å². The number of aromatic nitrogens is 1. The average Bonchev–Trinajstić information content (AvgIpc) is 2.14. The largest absolute Gasteiger partial charge is 0.396 e. The molecule has 0 fully saturated rings. The van der Waals surface area contributed by atoms with Gasteiger partial charge in [-0.3, -0.25) is 4.98 Å². The summed E-state index contributed by atoms with van der Waals surface area (Å²) in [4.78, 5) is 3.95. The van der Waals surface area contributed by atoms with Gasteiger partial charge < -0.3 is 5.11 Å². The summed E-state index contributed by atoms with van der Waals surface area (Å²) in [5.74, 6) is 0.220. The van der Waals surface area contributed by atoms with Gasteiger partial charge in [0.15, 0.2) is 0 Å². The maximum atomic E-state index is 9.36. The number of halogens is 1. The summed E-state index contributed by atoms with van der Waals surface area (Å²) in [6, 6.07) is 1.91. The molecule has 1 atom stereocenters. The van der Waals surface area contributed by atoms with Crippen molar-refractivity contribution in [3.05, 3.63) is 29.0 Å². The SMILES string of the molecule is CC(C)(C)C(CO)Cc1ccncc1Cl. The van der Waals surface area contributed by atoms with Crippen molar-refractivity contribution in [1.82, 2.24) is 4.98 Å². The number of aliphatic hydroxyl groups is 1. The molecule has 15 heavy (non-hydrogen) atoms. The molecule has 1 rings (SSSR count). The van der Waals surface area contributed by atoms with Gasteiger partial charge >= 0.3 is 0 Å². The molecular weight excluding hydrogens is 210 g/mol. The summed E-state index contributed by atoms with van der Waals surface area (Å²) in [7, 11) is 0. The summed E-state index contributed by atoms with van der Waals surface area (Å²) in [6.07, 6.45) is 4.17. The highest BCUT2D eigenvalue weighted by molar-refractivity contribution is 6.31. The number of pyridine rings is 1. The second-order valence-electron chi connectivity index (χ2n) is 4.92. The third kappa shape index (κ3) is 3.47. The first kappa shape index (κ1) is 12.5. The van der Waals surface area contributed by atoms with Gasteiger partial charge in [-0.25, -0.2) is 0 Å². The van der Waals surface area contributed by atoms with Crippen LogP contribution < -0.4 is 0 Å². The van der Waals surface area contributed by atoms with E-state index in [1.807, 2.05) is 6.07 Å². The monoisotopic (exact) mass is 227 g/mol. The van der Waals surface area contributed by atoms with Crippen LogP contribution in [0.25, 0.3) is 0 Å². The van der Waals surface area contributed by atoms with E-state index in [-0.39, 0.29) is 17.9 Å². The van der Waals surface area contributed by atoms with E-state index in [1.54, 1.807) is 12.4 Å². The van der Waals surface area contributed by atoms with Crippen LogP contribution >= 0.6 is 11.6 Å². The first-order valence-corrected chi connectivity index (χ1v) is 5.52. The van der Waals surface area contributed by atoms with Crippen LogP contribution in [0.2, 0.25) is 5.02 Å². The van der Waals surface area contributed by atoms with E-state index in [0.717, 1.165) is 12.0 Å². The van der Waals surface area contributed by atoms with E-state index in [1.165, 1.54) is 0 Å². The van der Waals surface area contributed by atoms with Crippen molar-refractivity contribution in [2.75, 3.05) is 6.61 Å². The van der Waals surface area contributed by atoms with E-state index < -0.39 is 0 Å². The van der Waals surface area contributed by atoms with Crippen molar-refractivity contribution in [2.24, 2.45) is 11.3 Å². The van der Waals surface area contributed by atoms with Gasteiger partial charge in [-0.1, -0.05) is 32.4 Å². The van der Waals surface area contributed by atoms with E-state index >= 15 is 0 Å². The van der Waals surface area contributed by atoms with E-state index in [9.17, 15) is 5.11 Å². The molecule has 0 saturated heterocycles. The minimum absolute atomic E-state index is 0.0847. The number of hydrogen-bond acceptors (Lipinski definition) is 2. The van der Waals surface area contributed by atoms with Gasteiger partial charge in [-0.15, -0.1) is 0 Å². The first-order chi connectivity index (χ1) is 6.95. The zero-order chi connectivity index (χ0) is 11.5. The van der Waals surface area contributed by atoms with Gasteiger partial charge in [0, 0.05) is 19.0 Å². The number of aliphatic hydroxyl groups excluding tert-OH is 1. The molecule has 0 spiro atoms. The molecule has 3 heteroatoms. The molecule has 0 aliphatic rings. The second-order valence-corrected chi connectivity index (χ2v) is 5.32. The third-order valence-electron chi connectivity index (χ3n) is 2.77. The lowest BCUT2D eigenvalue weighted by molar-refractivity contribution is 0.131. The van der Waals surface area contributed by atoms with Crippen LogP contribution in [-0.4, -0.2) is 16.7 Å². The highest BCUT2D eigenvalue weighted by atomic mass is 35.5. The maximum absolute atomic E-state index is 9.36. The molecule has 1 heterocycles. The van der Waals surface area contributed by atoms with Gasteiger partial charge in [0.2, 0.25) is 0 Å². The number of hydrogen-bond donors (Lipinski definition) is 1. The fourth-order valence-electron chi connectivity index (χ4n) is 1.48. The Bertz CT molecular complexity index is 320. The van der Waals surface area contributed by atoms with Crippen molar-refractivity contribution in [2.45, 2.75) is 27.2 Å². The Kier molecular flexibility index (Phi) is 4.12. The average molecular weight is 228 g/mol. The number of rotatable bonds is 3. The topological polar surface area (TPSA) is 33.1 Å². The Labute approximate surface area is 96.3 Å². The fourth-order valence-corrected chi connectivity index (χ4v) is 1.68. The van der Waals surface area contributed by atoms with Crippen LogP contribution in [0.4, 0.5) is 0 Å². The predicted octanol–water partition coefficient (Wildman–Crippen LogP) is 2.93. The standard InChI is InChI=1S/C12H18ClNO/c1-12(2,3)10(8-15)6-9-4-5-14-7-11(9)13/h4-5,7,10,15H,6,8H2,1-3H3. The maximum Gasteiger partial charge on any atom is 0.0621 e. The molecule has 0 saturated carbocycles. The van der Waals surface area contributed by atoms with Gasteiger partial charge in [0.25, 0.3) is 0 Å². The van der Waals surface area contributed by atoms with Crippen LogP contribution in [0.5, 0.6) is 0 Å². The molecule has 0 amide bonds. The zero-order valence-electron chi connectivity index (χ0n) is 9.50. The van der Waals surface area contributed by atoms with Gasteiger partial charge in [0.05, 0.1) is 5.02 Å². The van der Waals surface area contributed by atoms with E-state index in [2.05, 4.69) is 25.8 Å². The Morgan fingerprint density at radius 2 is 2.13 bits per heavy atom. The molecule has 1 aromatic rings. The Morgan fingerprint density at radius 3 is 2.60 bits per heavy atom. The fraction of sp³-hybridized carbons (Fsp3) is 0.583. The van der Waals surface area contributed by atoms with Crippen LogP contribution in [0, 0.1) is 11.3 Å². The molecular formula is C12H18ClNO. The number of nitrogens with zero attached hydrogens (tertiary/aromatic N) is 1. The van der Waals surface area contributed by atoms with Crippen molar-refractivity contribution >= 4 is 11.6 Å². The summed E-state index contributed by atoms with van der Waals surface area (Å²) in [5.41, 5.74) is 1.14. The normalized spacial score (nSPS) is 13.9. The van der Waals surface area contributed by atoms with Crippen LogP contribution in [-0.2, 0) is 6.42 Å². The lowest BCUT2D eigenvalue weighted by Gasteiger charge is -2.29. The molecule has 1 unspecified atom stereocenters. The highest BCUT2D eigenvalue weighted by Crippen LogP contribution is 2.30. The Balaban J connectivity index is 2.80. The van der Waals surface area contributed by atoms with E-state index in [0.29, 0.717) is 5.02 Å². The minimum atomic E-state index is 0.0847. The second kappa shape index (κ2) is 4.95. The van der Waals surface area contributed by atoms with Crippen LogP contribution in [0.15, 0.2) is 18.5 Å². The molecule has 0 aliphatic heterocycles. The van der Waals surface area contributed by atoms with Crippen molar-refractivity contribution in [1.29, 1.82) is 0 Å². The summed E-state index contributed by atoms with van der Waals surface area (Å²) in [5, 5.41) is 10.0. The minimum Gasteiger partial charge on any atom is -0.396 e. The molecule has 0 radical (unpaired) electrons. The quantitative estimate of drug-likeness (QED) is 0.862. The molecule has 2 nitrogen and oxygen atoms in total. The summed E-state index contributed by atoms with van der Waals surface area (Å²) < 4.78 is 0. The van der Waals surface area contributed by atoms with Gasteiger partial charge in [-0.05, 0) is 29.4 Å². The van der Waals surface area contributed by atoms with Gasteiger partial charge in [0.1, 0.15) is 0 Å². The van der Waals surface area contributed by atoms with Crippen LogP contribution in [0.1, 0.15) is 26.3 Å². The van der Waals surface area contributed by atoms with Gasteiger partial charge in [-0.2, -0.15) is 0 Å². The first-order valence-electron chi connectivity index (χ1n) is 5.14. The Hall–Kier alpha value is -0.600. The predicted molar refractivity (Wildman–Crippen MR) is 63.0 cm³/mol. The zero-order valence-corrected chi connectivity index (χ0v) is 10.3. The third-order valence-corrected chi connectivity index (χ3v) is 3.11. The molecule has 1 aromatic heterocycles. The summed E-state index contributed by atoms with van der Waals surface area (Å²) >= 11 is 6.03. The summed E-state index contributed by atoms with van der Waals surface area (Å²) in [6.45, 7) is 6.57. The molecule has 0 aliphatic carbocycles. The van der Waals surface area contributed by atoms with E-state index in [4.69, 9.17) is 11.6 Å². The lowest BCUT2D eigenvalue weighted by Crippen LogP contribution is -2.26. The molecule has 0 aromatic carbocycles. The molecule has 1 N–H and O–H groups in total. The highest BCUT2D eigenvalue weighted by Gasteiger charge is 2.24. The smallest absolute Gasteiger partial charge is 0.0621 e. The van der Waals surface area contributed by atoms with Crippen LogP contribution in [0.3, 0.4) is 0 Å². The van der Waals surface area contributed by atoms with Crippen molar-refractivity contribution in [3.8, 4) is 0 Å². The van der Waals surface area contributed by atoms with Crippen molar-refractivity contribution in [3.63, 3.8) is 0 Å². The molecule has 84 valence electrons. The lowest BCUT2D eigenvalue weighted by atomic mass is 9.78. The molecule has 0 bridgehead atoms.